The minimum Gasteiger partial charge on any atom is -0.480 e. The Morgan fingerprint density at radius 2 is 1.93 bits per heavy atom. The Labute approximate surface area is 83.8 Å². The first-order valence-corrected chi connectivity index (χ1v) is 4.74. The molecule has 0 saturated carbocycles. The highest BCUT2D eigenvalue weighted by molar-refractivity contribution is 5.77. The van der Waals surface area contributed by atoms with Gasteiger partial charge >= 0.3 is 5.97 Å². The van der Waals surface area contributed by atoms with Crippen molar-refractivity contribution < 1.29 is 14.7 Å². The summed E-state index contributed by atoms with van der Waals surface area (Å²) in [5, 5.41) is 8.79. The van der Waals surface area contributed by atoms with E-state index < -0.39 is 12.0 Å². The molecule has 82 valence electrons. The Balaban J connectivity index is 3.97. The minimum absolute atomic E-state index is 0.208. The van der Waals surface area contributed by atoms with Gasteiger partial charge in [-0.15, -0.1) is 0 Å². The zero-order valence-electron chi connectivity index (χ0n) is 8.83. The van der Waals surface area contributed by atoms with Gasteiger partial charge in [0.2, 0.25) is 5.91 Å². The summed E-state index contributed by atoms with van der Waals surface area (Å²) in [6, 6.07) is -0.717. The molecule has 0 fully saturated rings. The number of carbonyl (C=O) groups is 2. The normalized spacial score (nSPS) is 12.6. The maximum absolute atomic E-state index is 10.9. The molecule has 0 unspecified atom stereocenters. The number of carbonyl (C=O) groups excluding carboxylic acids is 1. The van der Waals surface area contributed by atoms with Crippen molar-refractivity contribution in [3.63, 3.8) is 0 Å². The fourth-order valence-electron chi connectivity index (χ4n) is 0.949. The molecule has 14 heavy (non-hydrogen) atoms. The van der Waals surface area contributed by atoms with Crippen LogP contribution >= 0.6 is 0 Å². The van der Waals surface area contributed by atoms with Crippen molar-refractivity contribution in [2.24, 2.45) is 5.92 Å². The van der Waals surface area contributed by atoms with Crippen LogP contribution in [0.25, 0.3) is 0 Å². The summed E-state index contributed by atoms with van der Waals surface area (Å²) in [5.41, 5.74) is 4.85. The lowest BCUT2D eigenvalue weighted by Crippen LogP contribution is -2.48. The van der Waals surface area contributed by atoms with Gasteiger partial charge in [-0.1, -0.05) is 20.8 Å². The number of hydrogen-bond acceptors (Lipinski definition) is 3. The van der Waals surface area contributed by atoms with Gasteiger partial charge in [0, 0.05) is 6.42 Å². The Hall–Kier alpha value is -1.10. The minimum atomic E-state index is -0.949. The third kappa shape index (κ3) is 5.53. The molecule has 0 saturated heterocycles. The van der Waals surface area contributed by atoms with Crippen LogP contribution in [0.2, 0.25) is 0 Å². The van der Waals surface area contributed by atoms with E-state index in [9.17, 15) is 9.59 Å². The summed E-state index contributed by atoms with van der Waals surface area (Å²) in [5.74, 6) is -0.891. The summed E-state index contributed by atoms with van der Waals surface area (Å²) >= 11 is 0. The fraction of sp³-hybridized carbons (Fsp3) is 0.778. The molecule has 0 aromatic rings. The number of carboxylic acids is 1. The molecular formula is C9H18N2O3. The summed E-state index contributed by atoms with van der Waals surface area (Å²) in [6.07, 6.45) is 0.820. The number of hydrazine groups is 1. The summed E-state index contributed by atoms with van der Waals surface area (Å²) in [7, 11) is 0. The van der Waals surface area contributed by atoms with Crippen molar-refractivity contribution in [3.05, 3.63) is 0 Å². The number of nitrogens with one attached hydrogen (secondary N) is 2. The van der Waals surface area contributed by atoms with Crippen LogP contribution in [0, 0.1) is 5.92 Å². The highest BCUT2D eigenvalue weighted by Crippen LogP contribution is 2.03. The van der Waals surface area contributed by atoms with Crippen molar-refractivity contribution >= 4 is 11.9 Å². The van der Waals surface area contributed by atoms with E-state index in [4.69, 9.17) is 5.11 Å². The van der Waals surface area contributed by atoms with Crippen LogP contribution < -0.4 is 10.9 Å². The molecule has 0 aromatic heterocycles. The van der Waals surface area contributed by atoms with Crippen LogP contribution in [-0.2, 0) is 9.59 Å². The van der Waals surface area contributed by atoms with Crippen LogP contribution in [0.1, 0.15) is 33.6 Å². The quantitative estimate of drug-likeness (QED) is 0.548. The zero-order chi connectivity index (χ0) is 11.1. The summed E-state index contributed by atoms with van der Waals surface area (Å²) in [6.45, 7) is 5.56. The third-order valence-corrected chi connectivity index (χ3v) is 1.71. The van der Waals surface area contributed by atoms with Gasteiger partial charge in [-0.25, -0.2) is 5.43 Å². The maximum Gasteiger partial charge on any atom is 0.322 e. The van der Waals surface area contributed by atoms with Crippen LogP contribution in [0.4, 0.5) is 0 Å². The van der Waals surface area contributed by atoms with Gasteiger partial charge in [0.15, 0.2) is 0 Å². The third-order valence-electron chi connectivity index (χ3n) is 1.71. The van der Waals surface area contributed by atoms with E-state index in [0.717, 1.165) is 0 Å². The zero-order valence-corrected chi connectivity index (χ0v) is 8.83. The Morgan fingerprint density at radius 1 is 1.36 bits per heavy atom. The maximum atomic E-state index is 10.9. The topological polar surface area (TPSA) is 78.4 Å². The van der Waals surface area contributed by atoms with Gasteiger partial charge in [0.25, 0.3) is 0 Å². The van der Waals surface area contributed by atoms with Gasteiger partial charge in [0.05, 0.1) is 0 Å². The number of amides is 1. The first-order valence-electron chi connectivity index (χ1n) is 4.74. The van der Waals surface area contributed by atoms with Crippen LogP contribution in [0.5, 0.6) is 0 Å². The molecule has 0 aliphatic carbocycles. The molecule has 0 aromatic carbocycles. The van der Waals surface area contributed by atoms with E-state index in [1.807, 2.05) is 13.8 Å². The number of aliphatic carboxylic acids is 1. The lowest BCUT2D eigenvalue weighted by atomic mass is 10.0. The molecule has 0 bridgehead atoms. The highest BCUT2D eigenvalue weighted by Gasteiger charge is 2.18. The second kappa shape index (κ2) is 6.37. The Kier molecular flexibility index (Phi) is 5.87. The smallest absolute Gasteiger partial charge is 0.322 e. The fourth-order valence-corrected chi connectivity index (χ4v) is 0.949. The second-order valence-electron chi connectivity index (χ2n) is 3.57. The molecular weight excluding hydrogens is 184 g/mol. The van der Waals surface area contributed by atoms with Gasteiger partial charge in [-0.2, -0.15) is 0 Å². The van der Waals surface area contributed by atoms with E-state index in [0.29, 0.717) is 12.8 Å². The van der Waals surface area contributed by atoms with Crippen molar-refractivity contribution in [3.8, 4) is 0 Å². The average Bonchev–Trinajstić information content (AvgIpc) is 2.10. The lowest BCUT2D eigenvalue weighted by molar-refractivity contribution is -0.140. The van der Waals surface area contributed by atoms with Gasteiger partial charge in [-0.05, 0) is 12.3 Å². The molecule has 1 atom stereocenters. The van der Waals surface area contributed by atoms with Crippen molar-refractivity contribution in [2.75, 3.05) is 0 Å². The molecule has 1 amide bonds. The molecule has 0 radical (unpaired) electrons. The molecule has 5 heteroatoms. The van der Waals surface area contributed by atoms with Crippen molar-refractivity contribution in [1.82, 2.24) is 10.9 Å². The number of rotatable bonds is 6. The van der Waals surface area contributed by atoms with E-state index in [-0.39, 0.29) is 11.8 Å². The predicted molar refractivity (Wildman–Crippen MR) is 52.4 cm³/mol. The lowest BCUT2D eigenvalue weighted by Gasteiger charge is -2.16. The Morgan fingerprint density at radius 3 is 2.29 bits per heavy atom. The highest BCUT2D eigenvalue weighted by atomic mass is 16.4. The van der Waals surface area contributed by atoms with Crippen LogP contribution in [-0.4, -0.2) is 23.0 Å². The first kappa shape index (κ1) is 12.9. The second-order valence-corrected chi connectivity index (χ2v) is 3.57. The summed E-state index contributed by atoms with van der Waals surface area (Å²) < 4.78 is 0. The molecule has 3 N–H and O–H groups in total. The van der Waals surface area contributed by atoms with Crippen LogP contribution in [0.15, 0.2) is 0 Å². The molecule has 5 nitrogen and oxygen atoms in total. The largest absolute Gasteiger partial charge is 0.480 e. The van der Waals surface area contributed by atoms with Gasteiger partial charge in [-0.3, -0.25) is 15.0 Å². The SMILES string of the molecule is CCC(=O)NN[C@H](CC(C)C)C(=O)O. The van der Waals surface area contributed by atoms with E-state index in [1.165, 1.54) is 0 Å². The molecule has 0 heterocycles. The molecule has 0 aliphatic heterocycles. The van der Waals surface area contributed by atoms with E-state index in [2.05, 4.69) is 10.9 Å². The average molecular weight is 202 g/mol. The van der Waals surface area contributed by atoms with E-state index >= 15 is 0 Å². The predicted octanol–water partition coefficient (Wildman–Crippen LogP) is 0.516. The molecule has 0 rings (SSSR count). The molecule has 0 aliphatic rings. The van der Waals surface area contributed by atoms with Crippen molar-refractivity contribution in [1.29, 1.82) is 0 Å². The standard InChI is InChI=1S/C9H18N2O3/c1-4-8(12)11-10-7(9(13)14)5-6(2)3/h6-7,10H,4-5H2,1-3H3,(H,11,12)(H,13,14)/t7-/m1/s1. The first-order chi connectivity index (χ1) is 6.47. The summed E-state index contributed by atoms with van der Waals surface area (Å²) in [4.78, 5) is 21.6. The van der Waals surface area contributed by atoms with Crippen molar-refractivity contribution in [2.45, 2.75) is 39.7 Å². The number of carboxylic acid groups (broad SMARTS) is 1. The van der Waals surface area contributed by atoms with Gasteiger partial charge < -0.3 is 5.11 Å². The Bertz CT molecular complexity index is 204. The number of hydrogen-bond donors (Lipinski definition) is 3. The van der Waals surface area contributed by atoms with Crippen LogP contribution in [0.3, 0.4) is 0 Å². The molecule has 0 spiro atoms. The van der Waals surface area contributed by atoms with E-state index in [1.54, 1.807) is 6.92 Å². The van der Waals surface area contributed by atoms with Gasteiger partial charge in [0.1, 0.15) is 6.04 Å². The monoisotopic (exact) mass is 202 g/mol.